The molecule has 128 valence electrons. The van der Waals surface area contributed by atoms with Crippen LogP contribution in [-0.2, 0) is 26.1 Å². The Balaban J connectivity index is 2.29. The number of carbonyl (C=O) groups is 1. The van der Waals surface area contributed by atoms with Crippen molar-refractivity contribution < 1.29 is 17.9 Å². The number of ether oxygens (including phenoxy) is 1. The van der Waals surface area contributed by atoms with Crippen LogP contribution in [0, 0.1) is 0 Å². The first-order valence-corrected chi connectivity index (χ1v) is 9.12. The maximum absolute atomic E-state index is 12.9. The first-order valence-electron chi connectivity index (χ1n) is 7.68. The van der Waals surface area contributed by atoms with Gasteiger partial charge in [0, 0.05) is 6.54 Å². The molecule has 0 aliphatic carbocycles. The van der Waals surface area contributed by atoms with Crippen LogP contribution in [0.1, 0.15) is 19.4 Å². The normalized spacial score (nSPS) is 11.7. The van der Waals surface area contributed by atoms with Gasteiger partial charge in [-0.3, -0.25) is 4.79 Å². The summed E-state index contributed by atoms with van der Waals surface area (Å²) in [6.45, 7) is 3.23. The van der Waals surface area contributed by atoms with Crippen LogP contribution in [0.25, 0.3) is 0 Å². The van der Waals surface area contributed by atoms with E-state index in [-0.39, 0.29) is 24.1 Å². The van der Waals surface area contributed by atoms with Crippen LogP contribution in [0.4, 0.5) is 0 Å². The highest BCUT2D eigenvalue weighted by atomic mass is 32.2. The standard InChI is InChI=1S/C18H21NO4S/c1-15(2)23-18(20)14-19(13-16-9-5-3-6-10-16)24(21,22)17-11-7-4-8-12-17/h3-12,15H,13-14H2,1-2H3. The zero-order valence-corrected chi connectivity index (χ0v) is 14.6. The van der Waals surface area contributed by atoms with E-state index in [1.54, 1.807) is 32.0 Å². The van der Waals surface area contributed by atoms with Crippen LogP contribution in [0.3, 0.4) is 0 Å². The molecule has 0 fully saturated rings. The Morgan fingerprint density at radius 2 is 1.54 bits per heavy atom. The summed E-state index contributed by atoms with van der Waals surface area (Å²) in [5.74, 6) is -0.569. The highest BCUT2D eigenvalue weighted by Gasteiger charge is 2.27. The predicted molar refractivity (Wildman–Crippen MR) is 91.7 cm³/mol. The molecule has 0 aliphatic heterocycles. The molecule has 5 nitrogen and oxygen atoms in total. The third-order valence-electron chi connectivity index (χ3n) is 3.26. The first kappa shape index (κ1) is 18.2. The lowest BCUT2D eigenvalue weighted by molar-refractivity contribution is -0.147. The van der Waals surface area contributed by atoms with Crippen LogP contribution in [0.15, 0.2) is 65.6 Å². The minimum absolute atomic E-state index is 0.102. The molecule has 0 amide bonds. The number of rotatable bonds is 7. The molecule has 0 bridgehead atoms. The van der Waals surface area contributed by atoms with Gasteiger partial charge in [-0.1, -0.05) is 48.5 Å². The Kier molecular flexibility index (Phi) is 6.11. The molecule has 0 heterocycles. The van der Waals surface area contributed by atoms with Crippen molar-refractivity contribution in [2.45, 2.75) is 31.4 Å². The van der Waals surface area contributed by atoms with Gasteiger partial charge in [0.25, 0.3) is 0 Å². The Morgan fingerprint density at radius 1 is 1.00 bits per heavy atom. The molecule has 24 heavy (non-hydrogen) atoms. The molecule has 2 aromatic rings. The lowest BCUT2D eigenvalue weighted by Gasteiger charge is -2.22. The fourth-order valence-electron chi connectivity index (χ4n) is 2.20. The number of nitrogens with zero attached hydrogens (tertiary/aromatic N) is 1. The van der Waals surface area contributed by atoms with Crippen molar-refractivity contribution in [2.75, 3.05) is 6.54 Å². The fourth-order valence-corrected chi connectivity index (χ4v) is 3.59. The van der Waals surface area contributed by atoms with Gasteiger partial charge in [0.2, 0.25) is 10.0 Å². The number of hydrogen-bond donors (Lipinski definition) is 0. The van der Waals surface area contributed by atoms with E-state index in [2.05, 4.69) is 0 Å². The smallest absolute Gasteiger partial charge is 0.321 e. The zero-order chi connectivity index (χ0) is 17.6. The molecule has 0 radical (unpaired) electrons. The Bertz CT molecular complexity index is 758. The zero-order valence-electron chi connectivity index (χ0n) is 13.8. The number of sulfonamides is 1. The first-order chi connectivity index (χ1) is 11.4. The summed E-state index contributed by atoms with van der Waals surface area (Å²) in [4.78, 5) is 12.2. The quantitative estimate of drug-likeness (QED) is 0.723. The lowest BCUT2D eigenvalue weighted by atomic mass is 10.2. The van der Waals surface area contributed by atoms with E-state index < -0.39 is 16.0 Å². The van der Waals surface area contributed by atoms with Crippen LogP contribution in [-0.4, -0.2) is 31.3 Å². The summed E-state index contributed by atoms with van der Waals surface area (Å²) in [6.07, 6.45) is -0.296. The van der Waals surface area contributed by atoms with Crippen molar-refractivity contribution >= 4 is 16.0 Å². The number of hydrogen-bond acceptors (Lipinski definition) is 4. The van der Waals surface area contributed by atoms with Gasteiger partial charge >= 0.3 is 5.97 Å². The fraction of sp³-hybridized carbons (Fsp3) is 0.278. The summed E-state index contributed by atoms with van der Waals surface area (Å²) in [5, 5.41) is 0. The molecule has 0 N–H and O–H groups in total. The van der Waals surface area contributed by atoms with Crippen LogP contribution in [0.2, 0.25) is 0 Å². The van der Waals surface area contributed by atoms with Crippen LogP contribution < -0.4 is 0 Å². The van der Waals surface area contributed by atoms with E-state index in [0.717, 1.165) is 9.87 Å². The summed E-state index contributed by atoms with van der Waals surface area (Å²) in [7, 11) is -3.80. The Hall–Kier alpha value is -2.18. The lowest BCUT2D eigenvalue weighted by Crippen LogP contribution is -2.36. The van der Waals surface area contributed by atoms with E-state index in [4.69, 9.17) is 4.74 Å². The minimum atomic E-state index is -3.80. The SMILES string of the molecule is CC(C)OC(=O)CN(Cc1ccccc1)S(=O)(=O)c1ccccc1. The van der Waals surface area contributed by atoms with Crippen molar-refractivity contribution in [1.82, 2.24) is 4.31 Å². The summed E-state index contributed by atoms with van der Waals surface area (Å²) < 4.78 is 32.0. The van der Waals surface area contributed by atoms with E-state index in [9.17, 15) is 13.2 Å². The van der Waals surface area contributed by atoms with Gasteiger partial charge < -0.3 is 4.74 Å². The maximum Gasteiger partial charge on any atom is 0.321 e. The van der Waals surface area contributed by atoms with Gasteiger partial charge in [-0.15, -0.1) is 0 Å². The average Bonchev–Trinajstić information content (AvgIpc) is 2.55. The molecular formula is C18H21NO4S. The molecule has 0 saturated carbocycles. The van der Waals surface area contributed by atoms with Gasteiger partial charge in [-0.25, -0.2) is 8.42 Å². The van der Waals surface area contributed by atoms with Gasteiger partial charge in [-0.05, 0) is 31.5 Å². The Labute approximate surface area is 142 Å². The van der Waals surface area contributed by atoms with E-state index >= 15 is 0 Å². The second kappa shape index (κ2) is 8.08. The molecule has 0 atom stereocenters. The minimum Gasteiger partial charge on any atom is -0.462 e. The third-order valence-corrected chi connectivity index (χ3v) is 5.06. The molecule has 0 spiro atoms. The molecule has 2 rings (SSSR count). The monoisotopic (exact) mass is 347 g/mol. The van der Waals surface area contributed by atoms with Crippen molar-refractivity contribution in [3.05, 3.63) is 66.2 Å². The average molecular weight is 347 g/mol. The second-order valence-corrected chi connectivity index (χ2v) is 7.55. The Morgan fingerprint density at radius 3 is 2.08 bits per heavy atom. The largest absolute Gasteiger partial charge is 0.462 e. The third kappa shape index (κ3) is 4.91. The van der Waals surface area contributed by atoms with Gasteiger partial charge in [-0.2, -0.15) is 4.31 Å². The topological polar surface area (TPSA) is 63.7 Å². The highest BCUT2D eigenvalue weighted by molar-refractivity contribution is 7.89. The van der Waals surface area contributed by atoms with Crippen molar-refractivity contribution in [3.63, 3.8) is 0 Å². The second-order valence-electron chi connectivity index (χ2n) is 5.61. The van der Waals surface area contributed by atoms with Crippen LogP contribution >= 0.6 is 0 Å². The molecule has 2 aromatic carbocycles. The molecule has 6 heteroatoms. The van der Waals surface area contributed by atoms with Crippen molar-refractivity contribution in [1.29, 1.82) is 0 Å². The van der Waals surface area contributed by atoms with Crippen molar-refractivity contribution in [3.8, 4) is 0 Å². The van der Waals surface area contributed by atoms with Gasteiger partial charge in [0.05, 0.1) is 11.0 Å². The maximum atomic E-state index is 12.9. The highest BCUT2D eigenvalue weighted by Crippen LogP contribution is 2.18. The molecule has 0 saturated heterocycles. The van der Waals surface area contributed by atoms with E-state index in [1.807, 2.05) is 30.3 Å². The van der Waals surface area contributed by atoms with Gasteiger partial charge in [0.15, 0.2) is 0 Å². The predicted octanol–water partition coefficient (Wildman–Crippen LogP) is 2.83. The van der Waals surface area contributed by atoms with Crippen LogP contribution in [0.5, 0.6) is 0 Å². The molecular weight excluding hydrogens is 326 g/mol. The summed E-state index contributed by atoms with van der Waals surface area (Å²) in [5.41, 5.74) is 0.800. The van der Waals surface area contributed by atoms with E-state index in [1.165, 1.54) is 12.1 Å². The molecule has 0 aliphatic rings. The summed E-state index contributed by atoms with van der Waals surface area (Å²) in [6, 6.07) is 17.2. The molecule has 0 aromatic heterocycles. The van der Waals surface area contributed by atoms with Crippen molar-refractivity contribution in [2.24, 2.45) is 0 Å². The van der Waals surface area contributed by atoms with E-state index in [0.29, 0.717) is 0 Å². The van der Waals surface area contributed by atoms with Gasteiger partial charge in [0.1, 0.15) is 6.54 Å². The number of esters is 1. The molecule has 0 unspecified atom stereocenters. The number of carbonyl (C=O) groups excluding carboxylic acids is 1. The summed E-state index contributed by atoms with van der Waals surface area (Å²) >= 11 is 0. The number of benzene rings is 2.